The Morgan fingerprint density at radius 1 is 0.261 bits per heavy atom. The summed E-state index contributed by atoms with van der Waals surface area (Å²) < 4.78 is 2.57. The summed E-state index contributed by atoms with van der Waals surface area (Å²) in [6.45, 7) is 0. The highest BCUT2D eigenvalue weighted by Gasteiger charge is 2.46. The maximum Gasteiger partial charge on any atom is 0.0714 e. The number of nitrogens with zero attached hydrogens (tertiary/aromatic N) is 1. The quantitative estimate of drug-likeness (QED) is 0.140. The maximum absolute atomic E-state index is 2.51. The van der Waals surface area contributed by atoms with Crippen molar-refractivity contribution in [3.8, 4) is 55.6 Å². The van der Waals surface area contributed by atoms with Gasteiger partial charge in [-0.25, -0.2) is 0 Å². The average Bonchev–Trinajstić information content (AvgIpc) is 3.95. The molecule has 324 valence electrons. The molecule has 1 aliphatic carbocycles. The fourth-order valence-corrected chi connectivity index (χ4v) is 12.0. The number of hydrogen-bond acceptors (Lipinski definition) is 2. The van der Waals surface area contributed by atoms with Crippen LogP contribution in [0.15, 0.2) is 273 Å². The second-order valence-electron chi connectivity index (χ2n) is 18.0. The van der Waals surface area contributed by atoms with Crippen molar-refractivity contribution < 1.29 is 0 Å². The Labute approximate surface area is 407 Å². The Morgan fingerprint density at radius 3 is 1.30 bits per heavy atom. The molecule has 0 amide bonds. The predicted molar refractivity (Wildman–Crippen MR) is 293 cm³/mol. The number of hydrogen-bond donors (Lipinski definition) is 0. The highest BCUT2D eigenvalue weighted by molar-refractivity contribution is 7.25. The molecule has 0 unspecified atom stereocenters. The van der Waals surface area contributed by atoms with Crippen LogP contribution in [0.4, 0.5) is 17.1 Å². The maximum atomic E-state index is 2.51. The molecule has 0 N–H and O–H groups in total. The molecule has 1 heterocycles. The van der Waals surface area contributed by atoms with E-state index in [1.807, 2.05) is 11.3 Å². The van der Waals surface area contributed by atoms with Crippen molar-refractivity contribution in [2.24, 2.45) is 0 Å². The van der Waals surface area contributed by atoms with Gasteiger partial charge in [-0.05, 0) is 157 Å². The van der Waals surface area contributed by atoms with Crippen LogP contribution in [-0.4, -0.2) is 0 Å². The first-order valence-corrected chi connectivity index (χ1v) is 24.5. The zero-order valence-electron chi connectivity index (χ0n) is 37.8. The molecule has 11 aromatic carbocycles. The standard InChI is InChI=1S/C67H45NS/c1-5-18-46(19-6-1)49-32-36-57(37-33-49)68(56-25-11-4-12-26-56)58-27-17-24-50(43-58)51-34-38-65-61(44-51)62-45-54(35-39-66(62)69-65)67(63-30-15-13-28-59(63)60-29-14-16-31-64(60)67)55-41-52(47-20-7-2-8-21-47)40-53(42-55)48-22-9-3-10-23-48/h1-45H. The molecule has 1 aliphatic rings. The topological polar surface area (TPSA) is 3.24 Å². The highest BCUT2D eigenvalue weighted by Crippen LogP contribution is 2.57. The third kappa shape index (κ3) is 7.00. The van der Waals surface area contributed by atoms with Crippen molar-refractivity contribution in [2.45, 2.75) is 5.41 Å². The molecule has 0 atom stereocenters. The van der Waals surface area contributed by atoms with Crippen LogP contribution in [0, 0.1) is 0 Å². The third-order valence-corrected chi connectivity index (χ3v) is 15.3. The van der Waals surface area contributed by atoms with E-state index in [4.69, 9.17) is 0 Å². The molecule has 12 aromatic rings. The second-order valence-corrected chi connectivity index (χ2v) is 19.1. The fraction of sp³-hybridized carbons (Fsp3) is 0.0149. The lowest BCUT2D eigenvalue weighted by Gasteiger charge is -2.35. The number of fused-ring (bicyclic) bond motifs is 6. The van der Waals surface area contributed by atoms with E-state index >= 15 is 0 Å². The average molecular weight is 896 g/mol. The van der Waals surface area contributed by atoms with Crippen LogP contribution < -0.4 is 4.90 Å². The van der Waals surface area contributed by atoms with E-state index in [2.05, 4.69) is 278 Å². The molecular weight excluding hydrogens is 851 g/mol. The van der Waals surface area contributed by atoms with Crippen LogP contribution in [0.5, 0.6) is 0 Å². The highest BCUT2D eigenvalue weighted by atomic mass is 32.1. The molecule has 0 saturated carbocycles. The lowest BCUT2D eigenvalue weighted by Crippen LogP contribution is -2.28. The van der Waals surface area contributed by atoms with E-state index in [9.17, 15) is 0 Å². The molecule has 1 aromatic heterocycles. The number of anilines is 3. The molecule has 69 heavy (non-hydrogen) atoms. The number of rotatable bonds is 9. The summed E-state index contributed by atoms with van der Waals surface area (Å²) >= 11 is 1.88. The van der Waals surface area contributed by atoms with E-state index in [-0.39, 0.29) is 0 Å². The summed E-state index contributed by atoms with van der Waals surface area (Å²) in [7, 11) is 0. The van der Waals surface area contributed by atoms with E-state index in [1.165, 1.54) is 98.1 Å². The third-order valence-electron chi connectivity index (χ3n) is 14.1. The summed E-state index contributed by atoms with van der Waals surface area (Å²) in [5, 5.41) is 2.55. The Bertz CT molecular complexity index is 3710. The van der Waals surface area contributed by atoms with Gasteiger partial charge in [0.05, 0.1) is 5.41 Å². The summed E-state index contributed by atoms with van der Waals surface area (Å²) in [5.41, 5.74) is 20.1. The van der Waals surface area contributed by atoms with Gasteiger partial charge in [-0.2, -0.15) is 0 Å². The first kappa shape index (κ1) is 40.7. The molecule has 0 aliphatic heterocycles. The lowest BCUT2D eigenvalue weighted by atomic mass is 9.66. The molecule has 0 spiro atoms. The van der Waals surface area contributed by atoms with Crippen molar-refractivity contribution >= 4 is 48.6 Å². The molecule has 13 rings (SSSR count). The summed E-state index contributed by atoms with van der Waals surface area (Å²) in [5.74, 6) is 0. The van der Waals surface area contributed by atoms with Crippen LogP contribution in [0.25, 0.3) is 75.8 Å². The number of para-hydroxylation sites is 1. The molecule has 2 heteroatoms. The molecule has 0 fully saturated rings. The van der Waals surface area contributed by atoms with Crippen molar-refractivity contribution in [2.75, 3.05) is 4.90 Å². The Hall–Kier alpha value is -8.56. The van der Waals surface area contributed by atoms with Gasteiger partial charge >= 0.3 is 0 Å². The van der Waals surface area contributed by atoms with Crippen LogP contribution in [-0.2, 0) is 5.41 Å². The zero-order chi connectivity index (χ0) is 45.7. The Kier molecular flexibility index (Phi) is 10.00. The molecule has 1 nitrogen and oxygen atoms in total. The first-order valence-electron chi connectivity index (χ1n) is 23.7. The lowest BCUT2D eigenvalue weighted by molar-refractivity contribution is 0.771. The van der Waals surface area contributed by atoms with E-state index in [0.717, 1.165) is 17.1 Å². The van der Waals surface area contributed by atoms with Gasteiger partial charge in [0.2, 0.25) is 0 Å². The van der Waals surface area contributed by atoms with Crippen molar-refractivity contribution in [3.05, 3.63) is 295 Å². The molecular formula is C67H45NS. The first-order chi connectivity index (χ1) is 34.2. The monoisotopic (exact) mass is 895 g/mol. The van der Waals surface area contributed by atoms with E-state index < -0.39 is 5.41 Å². The van der Waals surface area contributed by atoms with Crippen molar-refractivity contribution in [1.29, 1.82) is 0 Å². The van der Waals surface area contributed by atoms with Gasteiger partial charge in [0.15, 0.2) is 0 Å². The van der Waals surface area contributed by atoms with Crippen LogP contribution in [0.3, 0.4) is 0 Å². The van der Waals surface area contributed by atoms with Gasteiger partial charge in [-0.1, -0.05) is 194 Å². The van der Waals surface area contributed by atoms with Gasteiger partial charge in [0.25, 0.3) is 0 Å². The smallest absolute Gasteiger partial charge is 0.0714 e. The van der Waals surface area contributed by atoms with Crippen molar-refractivity contribution in [1.82, 2.24) is 0 Å². The van der Waals surface area contributed by atoms with Gasteiger partial charge in [0.1, 0.15) is 0 Å². The summed E-state index contributed by atoms with van der Waals surface area (Å²) in [6.07, 6.45) is 0. The van der Waals surface area contributed by atoms with Gasteiger partial charge < -0.3 is 4.90 Å². The Balaban J connectivity index is 0.979. The van der Waals surface area contributed by atoms with E-state index in [1.54, 1.807) is 0 Å². The minimum atomic E-state index is -0.587. The van der Waals surface area contributed by atoms with Crippen LogP contribution >= 0.6 is 11.3 Å². The van der Waals surface area contributed by atoms with Gasteiger partial charge in [0, 0.05) is 37.2 Å². The summed E-state index contributed by atoms with van der Waals surface area (Å²) in [4.78, 5) is 2.36. The Morgan fingerprint density at radius 2 is 0.696 bits per heavy atom. The second kappa shape index (κ2) is 16.9. The number of benzene rings is 11. The normalized spacial score (nSPS) is 12.5. The largest absolute Gasteiger partial charge is 0.310 e. The molecule has 0 saturated heterocycles. The summed E-state index contributed by atoms with van der Waals surface area (Å²) in [6, 6.07) is 101. The van der Waals surface area contributed by atoms with E-state index in [0.29, 0.717) is 0 Å². The minimum absolute atomic E-state index is 0.587. The predicted octanol–water partition coefficient (Wildman–Crippen LogP) is 18.6. The SMILES string of the molecule is c1ccc(-c2ccc(N(c3ccccc3)c3cccc(-c4ccc5sc6ccc(C7(c8cc(-c9ccccc9)cc(-c9ccccc9)c8)c8ccccc8-c8ccccc87)cc6c5c4)c3)cc2)cc1. The zero-order valence-corrected chi connectivity index (χ0v) is 38.7. The van der Waals surface area contributed by atoms with Crippen LogP contribution in [0.1, 0.15) is 22.3 Å². The molecule has 0 radical (unpaired) electrons. The minimum Gasteiger partial charge on any atom is -0.310 e. The molecule has 0 bridgehead atoms. The van der Waals surface area contributed by atoms with Crippen LogP contribution in [0.2, 0.25) is 0 Å². The fourth-order valence-electron chi connectivity index (χ4n) is 10.9. The number of thiophene rings is 1. The van der Waals surface area contributed by atoms with Gasteiger partial charge in [-0.3, -0.25) is 0 Å². The van der Waals surface area contributed by atoms with Crippen molar-refractivity contribution in [3.63, 3.8) is 0 Å². The van der Waals surface area contributed by atoms with Gasteiger partial charge in [-0.15, -0.1) is 11.3 Å².